The Morgan fingerprint density at radius 3 is 2.50 bits per heavy atom. The first-order chi connectivity index (χ1) is 10.7. The zero-order valence-electron chi connectivity index (χ0n) is 12.2. The molecule has 3 rings (SSSR count). The number of benzene rings is 2. The van der Waals surface area contributed by atoms with Crippen molar-refractivity contribution in [3.8, 4) is 0 Å². The summed E-state index contributed by atoms with van der Waals surface area (Å²) >= 11 is 7.81. The summed E-state index contributed by atoms with van der Waals surface area (Å²) in [6.45, 7) is 0. The van der Waals surface area contributed by atoms with Gasteiger partial charge in [0.25, 0.3) is 0 Å². The van der Waals surface area contributed by atoms with Crippen LogP contribution in [0.15, 0.2) is 54.6 Å². The van der Waals surface area contributed by atoms with E-state index in [4.69, 9.17) is 11.6 Å². The number of carbonyl (C=O) groups excluding carboxylic acids is 1. The van der Waals surface area contributed by atoms with Gasteiger partial charge in [0, 0.05) is 28.6 Å². The molecule has 22 heavy (non-hydrogen) atoms. The monoisotopic (exact) mass is 331 g/mol. The SMILES string of the molecule is O=C1CCSC[C@H]1[C@H](Nc1ccc(Cl)cc1)c1ccccc1. The summed E-state index contributed by atoms with van der Waals surface area (Å²) in [7, 11) is 0. The van der Waals surface area contributed by atoms with Gasteiger partial charge < -0.3 is 5.32 Å². The van der Waals surface area contributed by atoms with Crippen LogP contribution in [0.5, 0.6) is 0 Å². The molecule has 2 aromatic carbocycles. The minimum absolute atomic E-state index is 0.00248. The van der Waals surface area contributed by atoms with Crippen molar-refractivity contribution in [3.63, 3.8) is 0 Å². The van der Waals surface area contributed by atoms with Crippen molar-refractivity contribution in [1.29, 1.82) is 0 Å². The van der Waals surface area contributed by atoms with Gasteiger partial charge in [0.2, 0.25) is 0 Å². The molecular weight excluding hydrogens is 314 g/mol. The molecule has 2 atom stereocenters. The average molecular weight is 332 g/mol. The zero-order valence-corrected chi connectivity index (χ0v) is 13.7. The topological polar surface area (TPSA) is 29.1 Å². The van der Waals surface area contributed by atoms with Gasteiger partial charge in [-0.15, -0.1) is 0 Å². The molecule has 0 aromatic heterocycles. The molecule has 1 aliphatic rings. The van der Waals surface area contributed by atoms with E-state index in [1.165, 1.54) is 0 Å². The van der Waals surface area contributed by atoms with Crippen molar-refractivity contribution in [1.82, 2.24) is 0 Å². The zero-order chi connectivity index (χ0) is 15.4. The van der Waals surface area contributed by atoms with E-state index in [9.17, 15) is 4.79 Å². The summed E-state index contributed by atoms with van der Waals surface area (Å²) in [5.74, 6) is 2.18. The highest BCUT2D eigenvalue weighted by atomic mass is 35.5. The van der Waals surface area contributed by atoms with Crippen LogP contribution in [0, 0.1) is 5.92 Å². The molecule has 1 fully saturated rings. The third-order valence-electron chi connectivity index (χ3n) is 3.93. The Labute approximate surface area is 140 Å². The Bertz CT molecular complexity index is 629. The average Bonchev–Trinajstić information content (AvgIpc) is 2.56. The summed E-state index contributed by atoms with van der Waals surface area (Å²) in [5, 5.41) is 4.24. The van der Waals surface area contributed by atoms with Crippen molar-refractivity contribution in [2.24, 2.45) is 5.92 Å². The number of thioether (sulfide) groups is 1. The van der Waals surface area contributed by atoms with E-state index in [-0.39, 0.29) is 12.0 Å². The standard InChI is InChI=1S/C18H18ClNOS/c19-14-6-8-15(9-7-14)20-18(13-4-2-1-3-5-13)16-12-22-11-10-17(16)21/h1-9,16,18,20H,10-12H2/t16-,18-/m1/s1. The molecular formula is C18H18ClNOS. The number of ketones is 1. The van der Waals surface area contributed by atoms with E-state index in [0.717, 1.165) is 22.8 Å². The van der Waals surface area contributed by atoms with Gasteiger partial charge in [-0.05, 0) is 29.8 Å². The molecule has 0 amide bonds. The van der Waals surface area contributed by atoms with Crippen LogP contribution in [0.1, 0.15) is 18.0 Å². The third-order valence-corrected chi connectivity index (χ3v) is 5.27. The van der Waals surface area contributed by atoms with Crippen LogP contribution in [0.2, 0.25) is 5.02 Å². The highest BCUT2D eigenvalue weighted by Gasteiger charge is 2.31. The van der Waals surface area contributed by atoms with Crippen LogP contribution in [0.3, 0.4) is 0 Å². The van der Waals surface area contributed by atoms with Gasteiger partial charge in [0.1, 0.15) is 5.78 Å². The normalized spacial score (nSPS) is 19.7. The minimum Gasteiger partial charge on any atom is -0.377 e. The molecule has 1 heterocycles. The number of rotatable bonds is 4. The highest BCUT2D eigenvalue weighted by Crippen LogP contribution is 2.33. The predicted octanol–water partition coefficient (Wildman–Crippen LogP) is 4.82. The number of hydrogen-bond acceptors (Lipinski definition) is 3. The molecule has 2 aromatic rings. The lowest BCUT2D eigenvalue weighted by atomic mass is 9.89. The molecule has 0 bridgehead atoms. The van der Waals surface area contributed by atoms with Crippen LogP contribution < -0.4 is 5.32 Å². The van der Waals surface area contributed by atoms with Gasteiger partial charge in [-0.3, -0.25) is 4.79 Å². The Balaban J connectivity index is 1.88. The summed E-state index contributed by atoms with van der Waals surface area (Å²) < 4.78 is 0. The smallest absolute Gasteiger partial charge is 0.140 e. The van der Waals surface area contributed by atoms with E-state index >= 15 is 0 Å². The first-order valence-corrected chi connectivity index (χ1v) is 8.95. The molecule has 0 unspecified atom stereocenters. The van der Waals surface area contributed by atoms with E-state index in [0.29, 0.717) is 17.2 Å². The summed E-state index contributed by atoms with van der Waals surface area (Å²) in [5.41, 5.74) is 2.14. The first-order valence-electron chi connectivity index (χ1n) is 7.41. The van der Waals surface area contributed by atoms with Crippen LogP contribution in [-0.4, -0.2) is 17.3 Å². The highest BCUT2D eigenvalue weighted by molar-refractivity contribution is 7.99. The minimum atomic E-state index is 0.00248. The molecule has 0 spiro atoms. The lowest BCUT2D eigenvalue weighted by molar-refractivity contribution is -0.122. The molecule has 0 aliphatic carbocycles. The van der Waals surface area contributed by atoms with Crippen molar-refractivity contribution in [2.45, 2.75) is 12.5 Å². The van der Waals surface area contributed by atoms with Crippen molar-refractivity contribution in [3.05, 3.63) is 65.2 Å². The molecule has 0 radical (unpaired) electrons. The number of carbonyl (C=O) groups is 1. The van der Waals surface area contributed by atoms with Crippen LogP contribution in [0.25, 0.3) is 0 Å². The van der Waals surface area contributed by atoms with E-state index < -0.39 is 0 Å². The van der Waals surface area contributed by atoms with Gasteiger partial charge in [-0.1, -0.05) is 41.9 Å². The fourth-order valence-electron chi connectivity index (χ4n) is 2.75. The Morgan fingerprint density at radius 1 is 1.09 bits per heavy atom. The Morgan fingerprint density at radius 2 is 1.82 bits per heavy atom. The number of nitrogens with one attached hydrogen (secondary N) is 1. The molecule has 114 valence electrons. The molecule has 0 saturated carbocycles. The number of Topliss-reactive ketones (excluding diaryl/α,β-unsaturated/α-hetero) is 1. The largest absolute Gasteiger partial charge is 0.377 e. The number of anilines is 1. The molecule has 4 heteroatoms. The summed E-state index contributed by atoms with van der Waals surface area (Å²) in [4.78, 5) is 12.4. The Kier molecular flexibility index (Phi) is 5.06. The molecule has 1 aliphatic heterocycles. The number of hydrogen-bond donors (Lipinski definition) is 1. The fraction of sp³-hybridized carbons (Fsp3) is 0.278. The van der Waals surface area contributed by atoms with E-state index in [1.807, 2.05) is 54.2 Å². The fourth-order valence-corrected chi connectivity index (χ4v) is 4.02. The van der Waals surface area contributed by atoms with Gasteiger partial charge in [-0.25, -0.2) is 0 Å². The summed E-state index contributed by atoms with van der Waals surface area (Å²) in [6, 6.07) is 17.9. The van der Waals surface area contributed by atoms with Gasteiger partial charge in [0.05, 0.1) is 12.0 Å². The quantitative estimate of drug-likeness (QED) is 0.871. The molecule has 1 saturated heterocycles. The maximum Gasteiger partial charge on any atom is 0.140 e. The summed E-state index contributed by atoms with van der Waals surface area (Å²) in [6.07, 6.45) is 0.668. The van der Waals surface area contributed by atoms with Crippen LogP contribution in [0.4, 0.5) is 5.69 Å². The van der Waals surface area contributed by atoms with Crippen molar-refractivity contribution < 1.29 is 4.79 Å². The first kappa shape index (κ1) is 15.4. The maximum absolute atomic E-state index is 12.4. The van der Waals surface area contributed by atoms with Gasteiger partial charge in [0.15, 0.2) is 0 Å². The van der Waals surface area contributed by atoms with E-state index in [1.54, 1.807) is 0 Å². The van der Waals surface area contributed by atoms with E-state index in [2.05, 4.69) is 17.4 Å². The number of halogens is 1. The van der Waals surface area contributed by atoms with Crippen molar-refractivity contribution in [2.75, 3.05) is 16.8 Å². The van der Waals surface area contributed by atoms with Crippen LogP contribution in [-0.2, 0) is 4.79 Å². The van der Waals surface area contributed by atoms with Crippen molar-refractivity contribution >= 4 is 34.8 Å². The molecule has 2 nitrogen and oxygen atoms in total. The second-order valence-electron chi connectivity index (χ2n) is 5.44. The van der Waals surface area contributed by atoms with Gasteiger partial charge >= 0.3 is 0 Å². The Hall–Kier alpha value is -1.45. The third kappa shape index (κ3) is 3.65. The lowest BCUT2D eigenvalue weighted by Crippen LogP contribution is -2.32. The second-order valence-corrected chi connectivity index (χ2v) is 7.02. The predicted molar refractivity (Wildman–Crippen MR) is 94.7 cm³/mol. The lowest BCUT2D eigenvalue weighted by Gasteiger charge is -2.30. The van der Waals surface area contributed by atoms with Gasteiger partial charge in [-0.2, -0.15) is 11.8 Å². The maximum atomic E-state index is 12.4. The van der Waals surface area contributed by atoms with Crippen LogP contribution >= 0.6 is 23.4 Å². The molecule has 1 N–H and O–H groups in total. The second kappa shape index (κ2) is 7.21.